The monoisotopic (exact) mass is 782 g/mol. The molecule has 0 aromatic heterocycles. The minimum absolute atomic E-state index is 0.0376. The zero-order chi connectivity index (χ0) is 40.0. The number of hydrogen-bond acceptors (Lipinski definition) is 8. The van der Waals surface area contributed by atoms with E-state index in [4.69, 9.17) is 18.5 Å². The molecule has 0 fully saturated rings. The van der Waals surface area contributed by atoms with Gasteiger partial charge in [0.2, 0.25) is 0 Å². The van der Waals surface area contributed by atoms with E-state index in [0.29, 0.717) is 23.9 Å². The zero-order valence-corrected chi connectivity index (χ0v) is 36.0. The number of likely N-dealkylation sites (N-methyl/N-ethyl adjacent to an activating group) is 1. The van der Waals surface area contributed by atoms with Crippen molar-refractivity contribution < 1.29 is 42.1 Å². The van der Waals surface area contributed by atoms with Gasteiger partial charge in [0.15, 0.2) is 6.10 Å². The van der Waals surface area contributed by atoms with Gasteiger partial charge in [-0.2, -0.15) is 0 Å². The number of allylic oxidation sites excluding steroid dienone is 8. The number of phosphoric acid groups is 1. The van der Waals surface area contributed by atoms with Crippen LogP contribution in [0.4, 0.5) is 0 Å². The van der Waals surface area contributed by atoms with Gasteiger partial charge in [0.05, 0.1) is 27.7 Å². The van der Waals surface area contributed by atoms with Crippen LogP contribution in [0.5, 0.6) is 0 Å². The van der Waals surface area contributed by atoms with Crippen LogP contribution < -0.4 is 4.89 Å². The van der Waals surface area contributed by atoms with Crippen LogP contribution in [-0.2, 0) is 32.7 Å². The third-order valence-corrected chi connectivity index (χ3v) is 9.79. The average Bonchev–Trinajstić information content (AvgIpc) is 3.12. The topological polar surface area (TPSA) is 111 Å². The summed E-state index contributed by atoms with van der Waals surface area (Å²) in [6.07, 6.45) is 41.3. The summed E-state index contributed by atoms with van der Waals surface area (Å²) in [6, 6.07) is 0. The Kier molecular flexibility index (Phi) is 35.2. The van der Waals surface area contributed by atoms with E-state index < -0.39 is 32.5 Å². The van der Waals surface area contributed by atoms with E-state index in [0.717, 1.165) is 77.0 Å². The maximum absolute atomic E-state index is 12.6. The van der Waals surface area contributed by atoms with Crippen LogP contribution in [0.3, 0.4) is 0 Å². The number of hydrogen-bond donors (Lipinski definition) is 0. The first-order valence-corrected chi connectivity index (χ1v) is 22.8. The Morgan fingerprint density at radius 2 is 1.00 bits per heavy atom. The number of phosphoric ester groups is 1. The summed E-state index contributed by atoms with van der Waals surface area (Å²) in [5.41, 5.74) is 0. The molecule has 0 N–H and O–H groups in total. The standard InChI is InChI=1S/C44H80NO8P/c1-6-8-10-12-14-16-18-20-22-24-26-28-30-32-34-36-43(46)50-40-42(41-52-54(48,49)51-39-38-45(3,4)5)53-44(47)37-35-33-31-29-27-25-23-21-19-17-15-13-11-9-7-2/h14-17,20-23,42H,6-13,18-19,24-41H2,1-5H3/t42-/m1/s1. The number of ether oxygens (including phenoxy) is 2. The van der Waals surface area contributed by atoms with Crippen molar-refractivity contribution in [3.05, 3.63) is 48.6 Å². The number of quaternary nitrogens is 1. The second-order valence-electron chi connectivity index (χ2n) is 15.3. The Bertz CT molecular complexity index is 1070. The van der Waals surface area contributed by atoms with Gasteiger partial charge in [-0.05, 0) is 77.0 Å². The van der Waals surface area contributed by atoms with Crippen LogP contribution in [0.25, 0.3) is 0 Å². The predicted molar refractivity (Wildman–Crippen MR) is 222 cm³/mol. The largest absolute Gasteiger partial charge is 0.756 e. The lowest BCUT2D eigenvalue weighted by Crippen LogP contribution is -2.37. The molecule has 0 heterocycles. The number of esters is 2. The Labute approximate surface area is 331 Å². The lowest BCUT2D eigenvalue weighted by molar-refractivity contribution is -0.870. The van der Waals surface area contributed by atoms with E-state index in [1.807, 2.05) is 21.1 Å². The molecule has 0 amide bonds. The van der Waals surface area contributed by atoms with Crippen molar-refractivity contribution in [3.8, 4) is 0 Å². The third-order valence-electron chi connectivity index (χ3n) is 8.82. The maximum atomic E-state index is 12.6. The van der Waals surface area contributed by atoms with Gasteiger partial charge >= 0.3 is 11.9 Å². The Balaban J connectivity index is 4.44. The fourth-order valence-corrected chi connectivity index (χ4v) is 6.15. The molecule has 1 unspecified atom stereocenters. The Morgan fingerprint density at radius 1 is 0.574 bits per heavy atom. The highest BCUT2D eigenvalue weighted by Crippen LogP contribution is 2.38. The zero-order valence-electron chi connectivity index (χ0n) is 35.2. The molecule has 0 aliphatic rings. The van der Waals surface area contributed by atoms with Crippen LogP contribution >= 0.6 is 7.82 Å². The van der Waals surface area contributed by atoms with Crippen molar-refractivity contribution in [2.24, 2.45) is 0 Å². The molecule has 0 aromatic rings. The van der Waals surface area contributed by atoms with Crippen molar-refractivity contribution in [2.45, 2.75) is 174 Å². The normalized spacial score (nSPS) is 14.1. The average molecular weight is 782 g/mol. The lowest BCUT2D eigenvalue weighted by atomic mass is 10.1. The molecule has 0 saturated carbocycles. The summed E-state index contributed by atoms with van der Waals surface area (Å²) in [5, 5.41) is 0. The molecule has 0 bridgehead atoms. The van der Waals surface area contributed by atoms with Crippen molar-refractivity contribution in [1.29, 1.82) is 0 Å². The van der Waals surface area contributed by atoms with E-state index in [9.17, 15) is 19.0 Å². The van der Waals surface area contributed by atoms with Crippen molar-refractivity contribution in [1.82, 2.24) is 0 Å². The first-order valence-electron chi connectivity index (χ1n) is 21.3. The molecule has 0 rings (SSSR count). The van der Waals surface area contributed by atoms with E-state index in [2.05, 4.69) is 62.5 Å². The molecule has 0 radical (unpaired) electrons. The van der Waals surface area contributed by atoms with Crippen LogP contribution in [0, 0.1) is 0 Å². The first-order chi connectivity index (χ1) is 26.0. The van der Waals surface area contributed by atoms with E-state index >= 15 is 0 Å². The highest BCUT2D eigenvalue weighted by atomic mass is 31.2. The molecule has 0 spiro atoms. The quantitative estimate of drug-likeness (QED) is 0.0200. The minimum atomic E-state index is -4.63. The third kappa shape index (κ3) is 39.7. The minimum Gasteiger partial charge on any atom is -0.756 e. The summed E-state index contributed by atoms with van der Waals surface area (Å²) in [4.78, 5) is 37.5. The fraction of sp³-hybridized carbons (Fsp3) is 0.773. The van der Waals surface area contributed by atoms with Crippen LogP contribution in [0.2, 0.25) is 0 Å². The molecular formula is C44H80NO8P. The molecule has 0 saturated heterocycles. The SMILES string of the molecule is CCCCCC=CCC=CCCCCCCCC(=O)OC[C@H](COP(=O)([O-])OCC[N+](C)(C)C)OC(=O)CCCCCCCC=CCC=CCCCCC. The molecule has 2 atom stereocenters. The van der Waals surface area contributed by atoms with Gasteiger partial charge in [0.1, 0.15) is 19.8 Å². The van der Waals surface area contributed by atoms with Crippen LogP contribution in [0.1, 0.15) is 168 Å². The fourth-order valence-electron chi connectivity index (χ4n) is 5.42. The lowest BCUT2D eigenvalue weighted by Gasteiger charge is -2.28. The van der Waals surface area contributed by atoms with Gasteiger partial charge < -0.3 is 27.9 Å². The molecule has 0 aromatic carbocycles. The number of unbranched alkanes of at least 4 members (excludes halogenated alkanes) is 16. The number of carbonyl (C=O) groups excluding carboxylic acids is 2. The molecule has 314 valence electrons. The number of carbonyl (C=O) groups is 2. The molecule has 0 aliphatic heterocycles. The smallest absolute Gasteiger partial charge is 0.306 e. The summed E-state index contributed by atoms with van der Waals surface area (Å²) < 4.78 is 33.8. The summed E-state index contributed by atoms with van der Waals surface area (Å²) in [5.74, 6) is -0.870. The molecule has 10 heteroatoms. The van der Waals surface area contributed by atoms with E-state index in [1.54, 1.807) is 0 Å². The molecule has 54 heavy (non-hydrogen) atoms. The Morgan fingerprint density at radius 3 is 1.46 bits per heavy atom. The van der Waals surface area contributed by atoms with Crippen molar-refractivity contribution in [2.75, 3.05) is 47.5 Å². The van der Waals surface area contributed by atoms with Gasteiger partial charge in [-0.25, -0.2) is 0 Å². The van der Waals surface area contributed by atoms with Crippen molar-refractivity contribution in [3.63, 3.8) is 0 Å². The van der Waals surface area contributed by atoms with Gasteiger partial charge in [-0.15, -0.1) is 0 Å². The molecule has 9 nitrogen and oxygen atoms in total. The summed E-state index contributed by atoms with van der Waals surface area (Å²) >= 11 is 0. The summed E-state index contributed by atoms with van der Waals surface area (Å²) in [7, 11) is 1.14. The van der Waals surface area contributed by atoms with Gasteiger partial charge in [0.25, 0.3) is 7.82 Å². The predicted octanol–water partition coefficient (Wildman–Crippen LogP) is 11.3. The van der Waals surface area contributed by atoms with Gasteiger partial charge in [0, 0.05) is 12.8 Å². The van der Waals surface area contributed by atoms with Gasteiger partial charge in [-0.1, -0.05) is 127 Å². The summed E-state index contributed by atoms with van der Waals surface area (Å²) in [6.45, 7) is 4.13. The number of nitrogens with zero attached hydrogens (tertiary/aromatic N) is 1. The van der Waals surface area contributed by atoms with Crippen molar-refractivity contribution >= 4 is 19.8 Å². The number of rotatable bonds is 38. The van der Waals surface area contributed by atoms with Gasteiger partial charge in [-0.3, -0.25) is 14.2 Å². The second kappa shape index (κ2) is 36.6. The first kappa shape index (κ1) is 52.0. The molecule has 0 aliphatic carbocycles. The Hall–Kier alpha value is -2.03. The second-order valence-corrected chi connectivity index (χ2v) is 16.8. The maximum Gasteiger partial charge on any atom is 0.306 e. The van der Waals surface area contributed by atoms with Crippen LogP contribution in [-0.4, -0.2) is 70.0 Å². The van der Waals surface area contributed by atoms with E-state index in [-0.39, 0.29) is 26.1 Å². The van der Waals surface area contributed by atoms with E-state index in [1.165, 1.54) is 51.4 Å². The highest BCUT2D eigenvalue weighted by molar-refractivity contribution is 7.45. The highest BCUT2D eigenvalue weighted by Gasteiger charge is 2.21. The molecular weight excluding hydrogens is 701 g/mol. The van der Waals surface area contributed by atoms with Crippen LogP contribution in [0.15, 0.2) is 48.6 Å².